The maximum Gasteiger partial charge on any atom is 0.307 e. The molecule has 0 saturated heterocycles. The summed E-state index contributed by atoms with van der Waals surface area (Å²) in [6, 6.07) is 18.9. The molecule has 0 atom stereocenters. The topological polar surface area (TPSA) is 118 Å². The maximum atomic E-state index is 11.7. The fourth-order valence-corrected chi connectivity index (χ4v) is 5.68. The van der Waals surface area contributed by atoms with Crippen LogP contribution < -0.4 is 16.6 Å². The number of nitrogen functional groups attached to an aromatic ring is 1. The standard InChI is InChI=1S/C28H24ClN5O2S/c1-15-11-23-27(26(20(15)14-25(35)36)16-3-6-19(29)7-4-16)37-28(33-23)18-9-10-32-22(13-18)17-5-8-24(34(2)31)21(30)12-17/h3-13H,14,30-31H2,1-2H3,(H,35,36). The van der Waals surface area contributed by atoms with Crippen LogP contribution in [0.5, 0.6) is 0 Å². The zero-order valence-electron chi connectivity index (χ0n) is 20.2. The third-order valence-electron chi connectivity index (χ3n) is 6.18. The van der Waals surface area contributed by atoms with E-state index in [2.05, 4.69) is 4.98 Å². The van der Waals surface area contributed by atoms with Crippen LogP contribution in [0.15, 0.2) is 66.9 Å². The summed E-state index contributed by atoms with van der Waals surface area (Å²) in [5, 5.41) is 12.5. The van der Waals surface area contributed by atoms with Crippen LogP contribution in [0.2, 0.25) is 5.02 Å². The molecule has 0 saturated carbocycles. The fraction of sp³-hybridized carbons (Fsp3) is 0.107. The third kappa shape index (κ3) is 4.86. The molecule has 0 bridgehead atoms. The molecule has 2 aromatic heterocycles. The van der Waals surface area contributed by atoms with E-state index < -0.39 is 5.97 Å². The zero-order valence-corrected chi connectivity index (χ0v) is 21.8. The van der Waals surface area contributed by atoms with E-state index in [0.717, 1.165) is 60.0 Å². The van der Waals surface area contributed by atoms with Crippen molar-refractivity contribution >= 4 is 50.5 Å². The summed E-state index contributed by atoms with van der Waals surface area (Å²) in [5.41, 5.74) is 14.3. The highest BCUT2D eigenvalue weighted by molar-refractivity contribution is 7.22. The largest absolute Gasteiger partial charge is 0.481 e. The van der Waals surface area contributed by atoms with Gasteiger partial charge in [-0.3, -0.25) is 9.78 Å². The smallest absolute Gasteiger partial charge is 0.307 e. The van der Waals surface area contributed by atoms with E-state index in [4.69, 9.17) is 28.2 Å². The Kier molecular flexibility index (Phi) is 6.55. The van der Waals surface area contributed by atoms with Gasteiger partial charge in [-0.05, 0) is 66.1 Å². The third-order valence-corrected chi connectivity index (χ3v) is 7.57. The number of carboxylic acids is 1. The Bertz CT molecular complexity index is 1650. The average molecular weight is 530 g/mol. The number of halogens is 1. The summed E-state index contributed by atoms with van der Waals surface area (Å²) < 4.78 is 0.928. The van der Waals surface area contributed by atoms with Gasteiger partial charge in [0.05, 0.1) is 33.7 Å². The van der Waals surface area contributed by atoms with Gasteiger partial charge in [-0.2, -0.15) is 0 Å². The lowest BCUT2D eigenvalue weighted by atomic mass is 9.93. The Morgan fingerprint density at radius 3 is 2.46 bits per heavy atom. The van der Waals surface area contributed by atoms with Crippen molar-refractivity contribution in [3.05, 3.63) is 83.0 Å². The van der Waals surface area contributed by atoms with Gasteiger partial charge in [-0.15, -0.1) is 11.3 Å². The lowest BCUT2D eigenvalue weighted by Gasteiger charge is -2.15. The summed E-state index contributed by atoms with van der Waals surface area (Å²) in [4.78, 5) is 21.2. The molecular weight excluding hydrogens is 506 g/mol. The summed E-state index contributed by atoms with van der Waals surface area (Å²) in [6.45, 7) is 1.92. The van der Waals surface area contributed by atoms with Crippen LogP contribution in [0.25, 0.3) is 43.2 Å². The molecule has 37 heavy (non-hydrogen) atoms. The van der Waals surface area contributed by atoms with E-state index in [0.29, 0.717) is 10.7 Å². The lowest BCUT2D eigenvalue weighted by molar-refractivity contribution is -0.136. The minimum absolute atomic E-state index is 0.0816. The number of rotatable bonds is 6. The number of aromatic nitrogens is 2. The number of hydrogen-bond donors (Lipinski definition) is 3. The van der Waals surface area contributed by atoms with Crippen molar-refractivity contribution in [1.82, 2.24) is 9.97 Å². The van der Waals surface area contributed by atoms with Crippen LogP contribution in [-0.2, 0) is 11.2 Å². The lowest BCUT2D eigenvalue weighted by Crippen LogP contribution is -2.25. The van der Waals surface area contributed by atoms with E-state index in [-0.39, 0.29) is 6.42 Å². The number of aliphatic carboxylic acids is 1. The first-order valence-electron chi connectivity index (χ1n) is 11.5. The molecule has 0 spiro atoms. The number of thiazole rings is 1. The van der Waals surface area contributed by atoms with Crippen LogP contribution in [-0.4, -0.2) is 28.1 Å². The SMILES string of the molecule is Cc1cc2nc(-c3ccnc(-c4ccc(N(C)N)c(N)c4)c3)sc2c(-c2ccc(Cl)cc2)c1CC(=O)O. The number of anilines is 2. The summed E-state index contributed by atoms with van der Waals surface area (Å²) in [6.07, 6.45) is 1.67. The molecule has 0 fully saturated rings. The second-order valence-electron chi connectivity index (χ2n) is 8.81. The highest BCUT2D eigenvalue weighted by Crippen LogP contribution is 2.41. The van der Waals surface area contributed by atoms with Gasteiger partial charge in [0.25, 0.3) is 0 Å². The zero-order chi connectivity index (χ0) is 26.3. The van der Waals surface area contributed by atoms with Crippen LogP contribution in [0.4, 0.5) is 11.4 Å². The normalized spacial score (nSPS) is 11.1. The number of aryl methyl sites for hydroxylation is 1. The quantitative estimate of drug-likeness (QED) is 0.137. The van der Waals surface area contributed by atoms with Crippen molar-refractivity contribution in [3.8, 4) is 33.0 Å². The molecule has 5 aromatic rings. The maximum absolute atomic E-state index is 11.7. The molecule has 5 N–H and O–H groups in total. The first kappa shape index (κ1) is 24.7. The number of carboxylic acid groups (broad SMARTS) is 1. The van der Waals surface area contributed by atoms with Gasteiger partial charge in [0.1, 0.15) is 5.01 Å². The predicted molar refractivity (Wildman–Crippen MR) is 152 cm³/mol. The Morgan fingerprint density at radius 1 is 1.05 bits per heavy atom. The molecule has 2 heterocycles. The number of nitrogens with zero attached hydrogens (tertiary/aromatic N) is 3. The molecule has 7 nitrogen and oxygen atoms in total. The number of hydrogen-bond acceptors (Lipinski definition) is 7. The van der Waals surface area contributed by atoms with Gasteiger partial charge in [0.2, 0.25) is 0 Å². The Morgan fingerprint density at radius 2 is 1.78 bits per heavy atom. The number of hydrazine groups is 1. The molecule has 3 aromatic carbocycles. The highest BCUT2D eigenvalue weighted by Gasteiger charge is 2.20. The van der Waals surface area contributed by atoms with Gasteiger partial charge in [-0.1, -0.05) is 29.8 Å². The van der Waals surface area contributed by atoms with Crippen molar-refractivity contribution in [2.75, 3.05) is 17.8 Å². The average Bonchev–Trinajstić information content (AvgIpc) is 3.28. The Balaban J connectivity index is 1.65. The van der Waals surface area contributed by atoms with Crippen molar-refractivity contribution in [1.29, 1.82) is 0 Å². The van der Waals surface area contributed by atoms with Gasteiger partial charge in [0.15, 0.2) is 0 Å². The number of nitrogens with two attached hydrogens (primary N) is 2. The van der Waals surface area contributed by atoms with Crippen molar-refractivity contribution in [3.63, 3.8) is 0 Å². The van der Waals surface area contributed by atoms with E-state index >= 15 is 0 Å². The molecule has 0 unspecified atom stereocenters. The molecule has 0 aliphatic carbocycles. The van der Waals surface area contributed by atoms with Crippen LogP contribution >= 0.6 is 22.9 Å². The predicted octanol–water partition coefficient (Wildman–Crippen LogP) is 6.17. The van der Waals surface area contributed by atoms with E-state index in [1.54, 1.807) is 13.2 Å². The van der Waals surface area contributed by atoms with Crippen LogP contribution in [0.1, 0.15) is 11.1 Å². The second kappa shape index (κ2) is 9.82. The summed E-state index contributed by atoms with van der Waals surface area (Å²) in [7, 11) is 1.74. The van der Waals surface area contributed by atoms with Crippen LogP contribution in [0.3, 0.4) is 0 Å². The van der Waals surface area contributed by atoms with Gasteiger partial charge in [-0.25, -0.2) is 10.8 Å². The Labute approximate surface area is 222 Å². The number of pyridine rings is 1. The monoisotopic (exact) mass is 529 g/mol. The number of fused-ring (bicyclic) bond motifs is 1. The minimum atomic E-state index is -0.882. The summed E-state index contributed by atoms with van der Waals surface area (Å²) in [5.74, 6) is 4.96. The van der Waals surface area contributed by atoms with E-state index in [1.165, 1.54) is 16.3 Å². The molecule has 186 valence electrons. The summed E-state index contributed by atoms with van der Waals surface area (Å²) >= 11 is 7.66. The van der Waals surface area contributed by atoms with E-state index in [1.807, 2.05) is 67.6 Å². The molecule has 0 aliphatic heterocycles. The molecule has 0 radical (unpaired) electrons. The van der Waals surface area contributed by atoms with Gasteiger partial charge >= 0.3 is 5.97 Å². The first-order chi connectivity index (χ1) is 17.7. The first-order valence-corrected chi connectivity index (χ1v) is 12.7. The fourth-order valence-electron chi connectivity index (χ4n) is 4.42. The van der Waals surface area contributed by atoms with Crippen molar-refractivity contribution in [2.45, 2.75) is 13.3 Å². The highest BCUT2D eigenvalue weighted by atomic mass is 35.5. The second-order valence-corrected chi connectivity index (χ2v) is 10.2. The Hall–Kier alpha value is -3.98. The number of carbonyl (C=O) groups is 1. The van der Waals surface area contributed by atoms with Gasteiger partial charge in [0, 0.05) is 35.0 Å². The number of benzene rings is 3. The van der Waals surface area contributed by atoms with Crippen molar-refractivity contribution < 1.29 is 9.90 Å². The van der Waals surface area contributed by atoms with Crippen molar-refractivity contribution in [2.24, 2.45) is 5.84 Å². The molecule has 9 heteroatoms. The minimum Gasteiger partial charge on any atom is -0.481 e. The molecular formula is C28H24ClN5O2S. The van der Waals surface area contributed by atoms with Gasteiger partial charge < -0.3 is 15.8 Å². The molecule has 0 amide bonds. The van der Waals surface area contributed by atoms with E-state index in [9.17, 15) is 9.90 Å². The van der Waals surface area contributed by atoms with Crippen LogP contribution in [0, 0.1) is 6.92 Å². The molecule has 5 rings (SSSR count). The molecule has 0 aliphatic rings.